The van der Waals surface area contributed by atoms with Crippen molar-refractivity contribution in [2.75, 3.05) is 13.7 Å². The van der Waals surface area contributed by atoms with Crippen LogP contribution >= 0.6 is 0 Å². The maximum atomic E-state index is 11.7. The monoisotopic (exact) mass is 296 g/mol. The highest BCUT2D eigenvalue weighted by molar-refractivity contribution is 5.88. The summed E-state index contributed by atoms with van der Waals surface area (Å²) in [6.45, 7) is 1.57. The summed E-state index contributed by atoms with van der Waals surface area (Å²) < 4.78 is 4.71. The molecule has 0 amide bonds. The van der Waals surface area contributed by atoms with E-state index in [9.17, 15) is 19.2 Å². The van der Waals surface area contributed by atoms with Crippen molar-refractivity contribution in [3.05, 3.63) is 0 Å². The van der Waals surface area contributed by atoms with Crippen LogP contribution < -0.4 is 0 Å². The smallest absolute Gasteiger partial charge is 0.158 e. The number of rotatable bonds is 9. The van der Waals surface area contributed by atoms with Gasteiger partial charge in [-0.1, -0.05) is 0 Å². The summed E-state index contributed by atoms with van der Waals surface area (Å²) in [5.74, 6) is 0.0966. The highest BCUT2D eigenvalue weighted by Crippen LogP contribution is 2.30. The van der Waals surface area contributed by atoms with Crippen molar-refractivity contribution in [3.8, 4) is 0 Å². The third kappa shape index (κ3) is 6.76. The average molecular weight is 296 g/mol. The van der Waals surface area contributed by atoms with Crippen molar-refractivity contribution < 1.29 is 23.9 Å². The lowest BCUT2D eigenvalue weighted by atomic mass is 9.77. The summed E-state index contributed by atoms with van der Waals surface area (Å²) in [6.07, 6.45) is 2.99. The van der Waals surface area contributed by atoms with E-state index >= 15 is 0 Å². The Balaban J connectivity index is 2.30. The largest absolute Gasteiger partial charge is 0.377 e. The molecule has 118 valence electrons. The molecule has 0 spiro atoms. The Hall–Kier alpha value is -1.36. The van der Waals surface area contributed by atoms with Gasteiger partial charge in [0.1, 0.15) is 24.0 Å². The zero-order chi connectivity index (χ0) is 15.8. The summed E-state index contributed by atoms with van der Waals surface area (Å²) in [7, 11) is 1.45. The quantitative estimate of drug-likeness (QED) is 0.649. The van der Waals surface area contributed by atoms with Crippen molar-refractivity contribution in [1.82, 2.24) is 0 Å². The van der Waals surface area contributed by atoms with Gasteiger partial charge in [0.15, 0.2) is 5.78 Å². The second-order valence-electron chi connectivity index (χ2n) is 5.91. The van der Waals surface area contributed by atoms with Crippen LogP contribution in [0, 0.1) is 11.8 Å². The molecule has 5 heteroatoms. The van der Waals surface area contributed by atoms with Crippen molar-refractivity contribution >= 4 is 23.1 Å². The van der Waals surface area contributed by atoms with Gasteiger partial charge in [0.05, 0.1) is 0 Å². The minimum absolute atomic E-state index is 0.0388. The first-order chi connectivity index (χ1) is 9.92. The first-order valence-corrected chi connectivity index (χ1v) is 7.46. The Labute approximate surface area is 125 Å². The SMILES string of the molecule is COCC(=O)CCC(=O)CCC1CC(=O)CC(C(C)=O)C1. The number of ketones is 4. The van der Waals surface area contributed by atoms with Crippen LogP contribution in [0.15, 0.2) is 0 Å². The minimum Gasteiger partial charge on any atom is -0.377 e. The molecule has 5 nitrogen and oxygen atoms in total. The molecule has 1 aliphatic carbocycles. The molecule has 1 saturated carbocycles. The van der Waals surface area contributed by atoms with Gasteiger partial charge in [0.25, 0.3) is 0 Å². The number of methoxy groups -OCH3 is 1. The second kappa shape index (κ2) is 8.82. The summed E-state index contributed by atoms with van der Waals surface area (Å²) in [5.41, 5.74) is 0. The Kier molecular flexibility index (Phi) is 7.43. The fraction of sp³-hybridized carbons (Fsp3) is 0.750. The van der Waals surface area contributed by atoms with E-state index in [0.29, 0.717) is 32.1 Å². The first-order valence-electron chi connectivity index (χ1n) is 7.46. The van der Waals surface area contributed by atoms with E-state index in [2.05, 4.69) is 0 Å². The van der Waals surface area contributed by atoms with Gasteiger partial charge < -0.3 is 4.74 Å². The molecule has 0 N–H and O–H groups in total. The predicted molar refractivity (Wildman–Crippen MR) is 76.9 cm³/mol. The van der Waals surface area contributed by atoms with Gasteiger partial charge in [0.2, 0.25) is 0 Å². The van der Waals surface area contributed by atoms with Crippen LogP contribution in [0.2, 0.25) is 0 Å². The molecule has 0 saturated heterocycles. The van der Waals surface area contributed by atoms with Gasteiger partial charge >= 0.3 is 0 Å². The maximum Gasteiger partial charge on any atom is 0.158 e. The molecule has 1 rings (SSSR count). The zero-order valence-corrected chi connectivity index (χ0v) is 12.9. The lowest BCUT2D eigenvalue weighted by Crippen LogP contribution is -2.27. The second-order valence-corrected chi connectivity index (χ2v) is 5.91. The van der Waals surface area contributed by atoms with Gasteiger partial charge in [-0.3, -0.25) is 19.2 Å². The van der Waals surface area contributed by atoms with Gasteiger partial charge in [-0.15, -0.1) is 0 Å². The Morgan fingerprint density at radius 2 is 1.76 bits per heavy atom. The number of carbonyl (C=O) groups is 4. The predicted octanol–water partition coefficient (Wildman–Crippen LogP) is 1.91. The lowest BCUT2D eigenvalue weighted by molar-refractivity contribution is -0.130. The molecular weight excluding hydrogens is 272 g/mol. The first kappa shape index (κ1) is 17.7. The van der Waals surface area contributed by atoms with Crippen molar-refractivity contribution in [2.24, 2.45) is 11.8 Å². The molecule has 1 fully saturated rings. The molecule has 0 aromatic carbocycles. The fourth-order valence-electron chi connectivity index (χ4n) is 2.78. The molecule has 0 radical (unpaired) electrons. The molecule has 1 aliphatic rings. The van der Waals surface area contributed by atoms with Gasteiger partial charge in [-0.25, -0.2) is 0 Å². The van der Waals surface area contributed by atoms with Gasteiger partial charge in [0, 0.05) is 45.1 Å². The van der Waals surface area contributed by atoms with Gasteiger partial charge in [-0.05, 0) is 25.7 Å². The summed E-state index contributed by atoms with van der Waals surface area (Å²) in [6, 6.07) is 0. The number of hydrogen-bond donors (Lipinski definition) is 0. The molecule has 0 aliphatic heterocycles. The number of carbonyl (C=O) groups excluding carboxylic acids is 4. The Morgan fingerprint density at radius 3 is 2.38 bits per heavy atom. The normalized spacial score (nSPS) is 22.1. The minimum atomic E-state index is -0.172. The standard InChI is InChI=1S/C16H24O5/c1-11(17)13-7-12(8-16(20)9-13)3-4-14(18)5-6-15(19)10-21-2/h12-13H,3-10H2,1-2H3. The van der Waals surface area contributed by atoms with Crippen molar-refractivity contribution in [1.29, 1.82) is 0 Å². The molecule has 0 heterocycles. The van der Waals surface area contributed by atoms with E-state index in [1.807, 2.05) is 0 Å². The van der Waals surface area contributed by atoms with Crippen LogP contribution in [0.1, 0.15) is 51.9 Å². The van der Waals surface area contributed by atoms with E-state index in [-0.39, 0.29) is 54.4 Å². The number of ether oxygens (including phenoxy) is 1. The van der Waals surface area contributed by atoms with E-state index in [1.165, 1.54) is 14.0 Å². The molecule has 0 aromatic heterocycles. The van der Waals surface area contributed by atoms with Crippen molar-refractivity contribution in [2.45, 2.75) is 51.9 Å². The summed E-state index contributed by atoms with van der Waals surface area (Å²) in [5, 5.41) is 0. The fourth-order valence-corrected chi connectivity index (χ4v) is 2.78. The topological polar surface area (TPSA) is 77.5 Å². The van der Waals surface area contributed by atoms with Crippen LogP contribution in [-0.2, 0) is 23.9 Å². The Bertz CT molecular complexity index is 413. The maximum absolute atomic E-state index is 11.7. The third-order valence-electron chi connectivity index (χ3n) is 4.00. The highest BCUT2D eigenvalue weighted by atomic mass is 16.5. The van der Waals surface area contributed by atoms with E-state index < -0.39 is 0 Å². The van der Waals surface area contributed by atoms with E-state index in [4.69, 9.17) is 4.74 Å². The molecule has 0 bridgehead atoms. The van der Waals surface area contributed by atoms with E-state index in [1.54, 1.807) is 0 Å². The van der Waals surface area contributed by atoms with Crippen LogP contribution in [0.3, 0.4) is 0 Å². The van der Waals surface area contributed by atoms with Crippen molar-refractivity contribution in [3.63, 3.8) is 0 Å². The lowest BCUT2D eigenvalue weighted by Gasteiger charge is -2.26. The molecule has 21 heavy (non-hydrogen) atoms. The number of hydrogen-bond acceptors (Lipinski definition) is 5. The van der Waals surface area contributed by atoms with Gasteiger partial charge in [-0.2, -0.15) is 0 Å². The van der Waals surface area contributed by atoms with Crippen LogP contribution in [-0.4, -0.2) is 36.8 Å². The van der Waals surface area contributed by atoms with Crippen LogP contribution in [0.5, 0.6) is 0 Å². The average Bonchev–Trinajstić information content (AvgIpc) is 2.42. The number of Topliss-reactive ketones (excluding diaryl/α,β-unsaturated/α-hetero) is 4. The highest BCUT2D eigenvalue weighted by Gasteiger charge is 2.29. The molecule has 0 aromatic rings. The molecular formula is C16H24O5. The third-order valence-corrected chi connectivity index (χ3v) is 4.00. The molecule has 2 atom stereocenters. The molecule has 2 unspecified atom stereocenters. The van der Waals surface area contributed by atoms with Crippen LogP contribution in [0.25, 0.3) is 0 Å². The zero-order valence-electron chi connectivity index (χ0n) is 12.9. The Morgan fingerprint density at radius 1 is 1.10 bits per heavy atom. The summed E-state index contributed by atoms with van der Waals surface area (Å²) in [4.78, 5) is 46.0. The van der Waals surface area contributed by atoms with Crippen LogP contribution in [0.4, 0.5) is 0 Å². The summed E-state index contributed by atoms with van der Waals surface area (Å²) >= 11 is 0. The van der Waals surface area contributed by atoms with E-state index in [0.717, 1.165) is 0 Å².